The van der Waals surface area contributed by atoms with Crippen molar-refractivity contribution in [3.8, 4) is 0 Å². The number of likely N-dealkylation sites (tertiary alicyclic amines) is 1. The van der Waals surface area contributed by atoms with Gasteiger partial charge in [-0.05, 0) is 46.0 Å². The van der Waals surface area contributed by atoms with Crippen LogP contribution < -0.4 is 0 Å². The largest absolute Gasteiger partial charge is 0.444 e. The molecule has 1 heterocycles. The summed E-state index contributed by atoms with van der Waals surface area (Å²) in [6.07, 6.45) is 3.71. The van der Waals surface area contributed by atoms with Gasteiger partial charge in [-0.3, -0.25) is 0 Å². The van der Waals surface area contributed by atoms with Crippen molar-refractivity contribution in [3.63, 3.8) is 0 Å². The molecule has 0 aromatic heterocycles. The van der Waals surface area contributed by atoms with Gasteiger partial charge in [0.15, 0.2) is 0 Å². The van der Waals surface area contributed by atoms with Gasteiger partial charge in [-0.1, -0.05) is 13.3 Å². The molecular formula is C14H27NO3. The van der Waals surface area contributed by atoms with E-state index in [9.17, 15) is 4.79 Å². The van der Waals surface area contributed by atoms with Crippen LogP contribution in [0.5, 0.6) is 0 Å². The molecule has 106 valence electrons. The van der Waals surface area contributed by atoms with Crippen molar-refractivity contribution in [2.24, 2.45) is 5.92 Å². The number of aliphatic hydroxyl groups is 1. The zero-order chi connectivity index (χ0) is 13.8. The molecule has 0 saturated carbocycles. The van der Waals surface area contributed by atoms with Crippen molar-refractivity contribution in [1.29, 1.82) is 0 Å². The van der Waals surface area contributed by atoms with Crippen molar-refractivity contribution in [3.05, 3.63) is 0 Å². The molecule has 4 heteroatoms. The third kappa shape index (κ3) is 4.16. The highest BCUT2D eigenvalue weighted by molar-refractivity contribution is 5.69. The zero-order valence-electron chi connectivity index (χ0n) is 12.1. The lowest BCUT2D eigenvalue weighted by Crippen LogP contribution is -2.55. The minimum Gasteiger partial charge on any atom is -0.444 e. The van der Waals surface area contributed by atoms with E-state index in [1.54, 1.807) is 0 Å². The van der Waals surface area contributed by atoms with E-state index in [4.69, 9.17) is 9.84 Å². The minimum absolute atomic E-state index is 0.193. The molecule has 0 aromatic rings. The van der Waals surface area contributed by atoms with Gasteiger partial charge in [0.2, 0.25) is 0 Å². The predicted molar refractivity (Wildman–Crippen MR) is 71.4 cm³/mol. The van der Waals surface area contributed by atoms with Gasteiger partial charge < -0.3 is 14.7 Å². The number of hydrogen-bond donors (Lipinski definition) is 1. The van der Waals surface area contributed by atoms with Crippen LogP contribution in [-0.2, 0) is 4.74 Å². The Bertz CT molecular complexity index is 273. The van der Waals surface area contributed by atoms with E-state index in [1.165, 1.54) is 0 Å². The lowest BCUT2D eigenvalue weighted by molar-refractivity contribution is -0.0198. The van der Waals surface area contributed by atoms with Gasteiger partial charge in [-0.2, -0.15) is 0 Å². The molecule has 18 heavy (non-hydrogen) atoms. The molecule has 1 saturated heterocycles. The number of hydrogen-bond acceptors (Lipinski definition) is 3. The lowest BCUT2D eigenvalue weighted by atomic mass is 9.84. The summed E-state index contributed by atoms with van der Waals surface area (Å²) in [5.41, 5.74) is -0.427. The van der Waals surface area contributed by atoms with Crippen LogP contribution in [0.2, 0.25) is 0 Å². The van der Waals surface area contributed by atoms with Crippen LogP contribution in [0.4, 0.5) is 4.79 Å². The van der Waals surface area contributed by atoms with Crippen LogP contribution in [0.25, 0.3) is 0 Å². The van der Waals surface area contributed by atoms with Gasteiger partial charge in [0.25, 0.3) is 0 Å². The third-order valence-corrected chi connectivity index (χ3v) is 3.50. The standard InChI is InChI=1S/C14H27NO3/c1-5-11(7-6-10-16)12-8-9-15(12)13(17)18-14(2,3)4/h11-12,16H,5-10H2,1-4H3. The Morgan fingerprint density at radius 3 is 2.56 bits per heavy atom. The second kappa shape index (κ2) is 6.41. The van der Waals surface area contributed by atoms with Gasteiger partial charge in [0.1, 0.15) is 5.60 Å². The summed E-state index contributed by atoms with van der Waals surface area (Å²) in [4.78, 5) is 13.8. The van der Waals surface area contributed by atoms with E-state index in [-0.39, 0.29) is 12.7 Å². The SMILES string of the molecule is CCC(CCCO)C1CCN1C(=O)OC(C)(C)C. The highest BCUT2D eigenvalue weighted by Gasteiger charge is 2.38. The maximum atomic E-state index is 12.0. The normalized spacial score (nSPS) is 21.4. The molecule has 2 unspecified atom stereocenters. The highest BCUT2D eigenvalue weighted by atomic mass is 16.6. The van der Waals surface area contributed by atoms with E-state index < -0.39 is 5.60 Å². The summed E-state index contributed by atoms with van der Waals surface area (Å²) in [7, 11) is 0. The van der Waals surface area contributed by atoms with E-state index in [1.807, 2.05) is 25.7 Å². The number of ether oxygens (including phenoxy) is 1. The number of amides is 1. The van der Waals surface area contributed by atoms with Crippen molar-refractivity contribution < 1.29 is 14.6 Å². The number of carbonyl (C=O) groups is 1. The zero-order valence-corrected chi connectivity index (χ0v) is 12.1. The van der Waals surface area contributed by atoms with E-state index in [0.717, 1.165) is 32.2 Å². The second-order valence-electron chi connectivity index (χ2n) is 6.06. The summed E-state index contributed by atoms with van der Waals surface area (Å²) in [5, 5.41) is 8.91. The Kier molecular flexibility index (Phi) is 5.45. The topological polar surface area (TPSA) is 49.8 Å². The molecule has 4 nitrogen and oxygen atoms in total. The van der Waals surface area contributed by atoms with Crippen molar-refractivity contribution >= 4 is 6.09 Å². The predicted octanol–water partition coefficient (Wildman–Crippen LogP) is 2.79. The summed E-state index contributed by atoms with van der Waals surface area (Å²) < 4.78 is 5.41. The maximum absolute atomic E-state index is 12.0. The number of carbonyl (C=O) groups excluding carboxylic acids is 1. The molecule has 0 aromatic carbocycles. The van der Waals surface area contributed by atoms with Crippen LogP contribution in [0.1, 0.15) is 53.4 Å². The molecule has 1 aliphatic heterocycles. The van der Waals surface area contributed by atoms with Crippen molar-refractivity contribution in [2.75, 3.05) is 13.2 Å². The quantitative estimate of drug-likeness (QED) is 0.824. The molecule has 0 radical (unpaired) electrons. The first-order valence-electron chi connectivity index (χ1n) is 6.99. The number of rotatable bonds is 5. The minimum atomic E-state index is -0.427. The van der Waals surface area contributed by atoms with Gasteiger partial charge in [-0.15, -0.1) is 0 Å². The Labute approximate surface area is 110 Å². The van der Waals surface area contributed by atoms with Crippen LogP contribution in [0.3, 0.4) is 0 Å². The summed E-state index contributed by atoms with van der Waals surface area (Å²) in [5.74, 6) is 0.485. The lowest BCUT2D eigenvalue weighted by Gasteiger charge is -2.45. The molecule has 1 N–H and O–H groups in total. The average molecular weight is 257 g/mol. The second-order valence-corrected chi connectivity index (χ2v) is 6.06. The maximum Gasteiger partial charge on any atom is 0.410 e. The smallest absolute Gasteiger partial charge is 0.410 e. The molecule has 1 amide bonds. The van der Waals surface area contributed by atoms with E-state index in [0.29, 0.717) is 12.0 Å². The van der Waals surface area contributed by atoms with E-state index in [2.05, 4.69) is 6.92 Å². The van der Waals surface area contributed by atoms with Crippen LogP contribution in [0.15, 0.2) is 0 Å². The molecule has 0 bridgehead atoms. The number of aliphatic hydroxyl groups excluding tert-OH is 1. The van der Waals surface area contributed by atoms with Gasteiger partial charge in [-0.25, -0.2) is 4.79 Å². The van der Waals surface area contributed by atoms with Crippen molar-refractivity contribution in [2.45, 2.75) is 65.0 Å². The van der Waals surface area contributed by atoms with Crippen molar-refractivity contribution in [1.82, 2.24) is 4.90 Å². The Morgan fingerprint density at radius 2 is 2.17 bits per heavy atom. The molecule has 0 aliphatic carbocycles. The van der Waals surface area contributed by atoms with E-state index >= 15 is 0 Å². The summed E-state index contributed by atoms with van der Waals surface area (Å²) in [6, 6.07) is 0.302. The highest BCUT2D eigenvalue weighted by Crippen LogP contribution is 2.31. The number of nitrogens with zero attached hydrogens (tertiary/aromatic N) is 1. The Morgan fingerprint density at radius 1 is 1.50 bits per heavy atom. The first kappa shape index (κ1) is 15.3. The summed E-state index contributed by atoms with van der Waals surface area (Å²) >= 11 is 0. The molecule has 2 atom stereocenters. The fraction of sp³-hybridized carbons (Fsp3) is 0.929. The molecule has 1 rings (SSSR count). The average Bonchev–Trinajstić information content (AvgIpc) is 2.19. The fourth-order valence-corrected chi connectivity index (χ4v) is 2.47. The van der Waals surface area contributed by atoms with Gasteiger partial charge in [0, 0.05) is 19.2 Å². The van der Waals surface area contributed by atoms with Gasteiger partial charge >= 0.3 is 6.09 Å². The molecule has 1 aliphatic rings. The van der Waals surface area contributed by atoms with Gasteiger partial charge in [0.05, 0.1) is 0 Å². The Hall–Kier alpha value is -0.770. The molecule has 1 fully saturated rings. The monoisotopic (exact) mass is 257 g/mol. The van der Waals surface area contributed by atoms with Crippen LogP contribution in [0, 0.1) is 5.92 Å². The van der Waals surface area contributed by atoms with Crippen LogP contribution in [-0.4, -0.2) is 40.9 Å². The first-order valence-corrected chi connectivity index (χ1v) is 6.99. The summed E-state index contributed by atoms with van der Waals surface area (Å²) in [6.45, 7) is 8.85. The van der Waals surface area contributed by atoms with Crippen LogP contribution >= 0.6 is 0 Å². The fourth-order valence-electron chi connectivity index (χ4n) is 2.47. The third-order valence-electron chi connectivity index (χ3n) is 3.50. The Balaban J connectivity index is 2.50. The molecule has 0 spiro atoms. The first-order chi connectivity index (χ1) is 8.39. The molecular weight excluding hydrogens is 230 g/mol.